The summed E-state index contributed by atoms with van der Waals surface area (Å²) in [5.41, 5.74) is 8.92. The molecule has 1 aromatic carbocycles. The molecule has 0 aliphatic rings. The van der Waals surface area contributed by atoms with E-state index >= 15 is 0 Å². The predicted molar refractivity (Wildman–Crippen MR) is 64.4 cm³/mol. The molecule has 0 unspecified atom stereocenters. The number of rotatable bonds is 3. The molecule has 0 radical (unpaired) electrons. The van der Waals surface area contributed by atoms with Crippen LogP contribution in [0.25, 0.3) is 0 Å². The van der Waals surface area contributed by atoms with Gasteiger partial charge in [-0.2, -0.15) is 0 Å². The topological polar surface area (TPSA) is 48.1 Å². The molecule has 3 nitrogen and oxygen atoms in total. The van der Waals surface area contributed by atoms with Crippen molar-refractivity contribution < 1.29 is 4.74 Å². The smallest absolute Gasteiger partial charge is 0.141 e. The Labute approximate surface area is 94.9 Å². The summed E-state index contributed by atoms with van der Waals surface area (Å²) in [6.07, 6.45) is 4.45. The summed E-state index contributed by atoms with van der Waals surface area (Å²) in [4.78, 5) is 3.99. The van der Waals surface area contributed by atoms with Crippen LogP contribution in [0.4, 0.5) is 5.69 Å². The molecule has 2 rings (SSSR count). The molecule has 0 aliphatic carbocycles. The quantitative estimate of drug-likeness (QED) is 0.797. The minimum absolute atomic E-state index is 0.675. The number of hydrogen-bond acceptors (Lipinski definition) is 3. The summed E-state index contributed by atoms with van der Waals surface area (Å²) in [6, 6.07) is 9.86. The first-order chi connectivity index (χ1) is 7.79. The van der Waals surface area contributed by atoms with Gasteiger partial charge in [-0.05, 0) is 41.8 Å². The number of anilines is 1. The van der Waals surface area contributed by atoms with E-state index in [0.29, 0.717) is 5.69 Å². The fourth-order valence-corrected chi connectivity index (χ4v) is 1.63. The lowest BCUT2D eigenvalue weighted by Gasteiger charge is -2.07. The van der Waals surface area contributed by atoms with Crippen LogP contribution in [0.1, 0.15) is 11.1 Å². The molecule has 0 amide bonds. The van der Waals surface area contributed by atoms with Gasteiger partial charge in [0.25, 0.3) is 0 Å². The summed E-state index contributed by atoms with van der Waals surface area (Å²) in [5.74, 6) is 0.721. The van der Waals surface area contributed by atoms with Crippen molar-refractivity contribution in [3.8, 4) is 5.75 Å². The summed E-state index contributed by atoms with van der Waals surface area (Å²) < 4.78 is 5.12. The second-order valence-electron chi connectivity index (χ2n) is 3.61. The molecule has 0 aliphatic heterocycles. The number of benzene rings is 1. The molecular weight excluding hydrogens is 200 g/mol. The number of nitrogens with two attached hydrogens (primary N) is 1. The van der Waals surface area contributed by atoms with Gasteiger partial charge in [-0.25, -0.2) is 0 Å². The highest BCUT2D eigenvalue weighted by molar-refractivity contribution is 5.54. The molecule has 16 heavy (non-hydrogen) atoms. The molecule has 1 heterocycles. The van der Waals surface area contributed by atoms with Crippen LogP contribution in [0.3, 0.4) is 0 Å². The second-order valence-corrected chi connectivity index (χ2v) is 3.61. The minimum Gasteiger partial charge on any atom is -0.495 e. The average molecular weight is 214 g/mol. The monoisotopic (exact) mass is 214 g/mol. The van der Waals surface area contributed by atoms with Gasteiger partial charge in [0, 0.05) is 12.4 Å². The van der Waals surface area contributed by atoms with Crippen LogP contribution < -0.4 is 10.5 Å². The number of nitrogens with zero attached hydrogens (tertiary/aromatic N) is 1. The van der Waals surface area contributed by atoms with E-state index in [9.17, 15) is 0 Å². The van der Waals surface area contributed by atoms with Gasteiger partial charge in [-0.3, -0.25) is 4.98 Å². The summed E-state index contributed by atoms with van der Waals surface area (Å²) in [5, 5.41) is 0. The van der Waals surface area contributed by atoms with Crippen molar-refractivity contribution in [2.75, 3.05) is 12.8 Å². The SMILES string of the molecule is COc1ccc(Cc2ccncc2)cc1N. The fourth-order valence-electron chi connectivity index (χ4n) is 1.63. The number of aromatic nitrogens is 1. The van der Waals surface area contributed by atoms with Gasteiger partial charge in [-0.1, -0.05) is 6.07 Å². The Bertz CT molecular complexity index is 469. The molecular formula is C13H14N2O. The zero-order chi connectivity index (χ0) is 11.4. The first-order valence-electron chi connectivity index (χ1n) is 5.11. The third-order valence-corrected chi connectivity index (χ3v) is 2.45. The van der Waals surface area contributed by atoms with E-state index in [4.69, 9.17) is 10.5 Å². The molecule has 1 aromatic heterocycles. The maximum Gasteiger partial charge on any atom is 0.141 e. The molecule has 0 bridgehead atoms. The molecule has 0 fully saturated rings. The lowest BCUT2D eigenvalue weighted by molar-refractivity contribution is 0.417. The van der Waals surface area contributed by atoms with Gasteiger partial charge in [0.1, 0.15) is 5.75 Å². The van der Waals surface area contributed by atoms with Crippen LogP contribution >= 0.6 is 0 Å². The van der Waals surface area contributed by atoms with Crippen LogP contribution in [0.2, 0.25) is 0 Å². The standard InChI is InChI=1S/C13H14N2O/c1-16-13-3-2-11(9-12(13)14)8-10-4-6-15-7-5-10/h2-7,9H,8,14H2,1H3. The molecule has 2 N–H and O–H groups in total. The van der Waals surface area contributed by atoms with E-state index in [1.54, 1.807) is 19.5 Å². The molecule has 3 heteroatoms. The highest BCUT2D eigenvalue weighted by atomic mass is 16.5. The van der Waals surface area contributed by atoms with Gasteiger partial charge < -0.3 is 10.5 Å². The predicted octanol–water partition coefficient (Wildman–Crippen LogP) is 2.26. The van der Waals surface area contributed by atoms with Gasteiger partial charge in [0.15, 0.2) is 0 Å². The number of hydrogen-bond donors (Lipinski definition) is 1. The van der Waals surface area contributed by atoms with Crippen molar-refractivity contribution >= 4 is 5.69 Å². The number of ether oxygens (including phenoxy) is 1. The highest BCUT2D eigenvalue weighted by Gasteiger charge is 2.01. The van der Waals surface area contributed by atoms with Crippen LogP contribution in [-0.2, 0) is 6.42 Å². The maximum atomic E-state index is 5.85. The van der Waals surface area contributed by atoms with E-state index in [1.165, 1.54) is 11.1 Å². The third kappa shape index (κ3) is 2.31. The van der Waals surface area contributed by atoms with Crippen molar-refractivity contribution in [2.45, 2.75) is 6.42 Å². The number of methoxy groups -OCH3 is 1. The lowest BCUT2D eigenvalue weighted by atomic mass is 10.1. The molecule has 0 saturated heterocycles. The van der Waals surface area contributed by atoms with Crippen molar-refractivity contribution in [2.24, 2.45) is 0 Å². The average Bonchev–Trinajstić information content (AvgIpc) is 2.31. The minimum atomic E-state index is 0.675. The van der Waals surface area contributed by atoms with E-state index in [2.05, 4.69) is 4.98 Å². The maximum absolute atomic E-state index is 5.85. The Hall–Kier alpha value is -2.03. The van der Waals surface area contributed by atoms with Gasteiger partial charge in [0.05, 0.1) is 12.8 Å². The number of pyridine rings is 1. The Balaban J connectivity index is 2.20. The summed E-state index contributed by atoms with van der Waals surface area (Å²) in [6.45, 7) is 0. The van der Waals surface area contributed by atoms with Crippen LogP contribution in [0.5, 0.6) is 5.75 Å². The Morgan fingerprint density at radius 2 is 1.88 bits per heavy atom. The zero-order valence-electron chi connectivity index (χ0n) is 9.18. The lowest BCUT2D eigenvalue weighted by Crippen LogP contribution is -1.95. The number of nitrogen functional groups attached to an aromatic ring is 1. The first-order valence-corrected chi connectivity index (χ1v) is 5.11. The Kier molecular flexibility index (Phi) is 3.05. The van der Waals surface area contributed by atoms with Crippen molar-refractivity contribution in [1.82, 2.24) is 4.98 Å². The molecule has 82 valence electrons. The van der Waals surface area contributed by atoms with Gasteiger partial charge >= 0.3 is 0 Å². The first kappa shape index (κ1) is 10.5. The Morgan fingerprint density at radius 3 is 2.50 bits per heavy atom. The van der Waals surface area contributed by atoms with E-state index in [1.807, 2.05) is 30.3 Å². The van der Waals surface area contributed by atoms with E-state index in [0.717, 1.165) is 12.2 Å². The van der Waals surface area contributed by atoms with Crippen LogP contribution in [0, 0.1) is 0 Å². The summed E-state index contributed by atoms with van der Waals surface area (Å²) in [7, 11) is 1.62. The van der Waals surface area contributed by atoms with Gasteiger partial charge in [0.2, 0.25) is 0 Å². The Morgan fingerprint density at radius 1 is 1.12 bits per heavy atom. The largest absolute Gasteiger partial charge is 0.495 e. The molecule has 0 spiro atoms. The van der Waals surface area contributed by atoms with Crippen molar-refractivity contribution in [3.63, 3.8) is 0 Å². The molecule has 0 saturated carbocycles. The van der Waals surface area contributed by atoms with Crippen LogP contribution in [0.15, 0.2) is 42.7 Å². The van der Waals surface area contributed by atoms with Crippen molar-refractivity contribution in [3.05, 3.63) is 53.9 Å². The second kappa shape index (κ2) is 4.66. The fraction of sp³-hybridized carbons (Fsp3) is 0.154. The highest BCUT2D eigenvalue weighted by Crippen LogP contribution is 2.23. The zero-order valence-corrected chi connectivity index (χ0v) is 9.18. The van der Waals surface area contributed by atoms with E-state index in [-0.39, 0.29) is 0 Å². The molecule has 0 atom stereocenters. The third-order valence-electron chi connectivity index (χ3n) is 2.45. The summed E-state index contributed by atoms with van der Waals surface area (Å²) >= 11 is 0. The van der Waals surface area contributed by atoms with Crippen molar-refractivity contribution in [1.29, 1.82) is 0 Å². The van der Waals surface area contributed by atoms with E-state index < -0.39 is 0 Å². The molecule has 2 aromatic rings. The van der Waals surface area contributed by atoms with Crippen LogP contribution in [-0.4, -0.2) is 12.1 Å². The normalized spacial score (nSPS) is 10.1. The van der Waals surface area contributed by atoms with Gasteiger partial charge in [-0.15, -0.1) is 0 Å².